The number of ether oxygens (including phenoxy) is 2. The Balaban J connectivity index is 1.68. The topological polar surface area (TPSA) is 76.6 Å². The second-order valence-corrected chi connectivity index (χ2v) is 6.36. The van der Waals surface area contributed by atoms with Crippen molar-refractivity contribution in [3.63, 3.8) is 0 Å². The fourth-order valence-electron chi connectivity index (χ4n) is 3.06. The summed E-state index contributed by atoms with van der Waals surface area (Å²) in [5.41, 5.74) is 0.233. The summed E-state index contributed by atoms with van der Waals surface area (Å²) in [6.45, 7) is 1.50. The van der Waals surface area contributed by atoms with Crippen LogP contribution in [0.5, 0.6) is 5.75 Å². The molecule has 7 nitrogen and oxygen atoms in total. The average molecular weight is 356 g/mol. The van der Waals surface area contributed by atoms with Gasteiger partial charge in [-0.15, -0.1) is 0 Å². The number of benzene rings is 1. The maximum atomic E-state index is 12.8. The molecular weight excluding hydrogens is 332 g/mol. The third-order valence-corrected chi connectivity index (χ3v) is 4.64. The molecule has 1 aromatic heterocycles. The van der Waals surface area contributed by atoms with E-state index in [2.05, 4.69) is 15.3 Å². The highest BCUT2D eigenvalue weighted by atomic mass is 16.5. The van der Waals surface area contributed by atoms with Crippen LogP contribution in [0.25, 0.3) is 0 Å². The first-order valence-corrected chi connectivity index (χ1v) is 8.68. The molecule has 1 N–H and O–H groups in total. The van der Waals surface area contributed by atoms with Gasteiger partial charge in [0, 0.05) is 20.7 Å². The van der Waals surface area contributed by atoms with E-state index in [1.165, 1.54) is 0 Å². The summed E-state index contributed by atoms with van der Waals surface area (Å²) in [5, 5.41) is 2.94. The molecule has 1 fully saturated rings. The van der Waals surface area contributed by atoms with Gasteiger partial charge in [0.25, 0.3) is 5.91 Å². The number of nitrogens with zero attached hydrogens (tertiary/aromatic N) is 3. The molecule has 26 heavy (non-hydrogen) atoms. The van der Waals surface area contributed by atoms with Crippen LogP contribution in [0.15, 0.2) is 42.7 Å². The number of rotatable bonds is 6. The van der Waals surface area contributed by atoms with Crippen molar-refractivity contribution in [1.29, 1.82) is 0 Å². The highest BCUT2D eigenvalue weighted by molar-refractivity contribution is 5.90. The van der Waals surface area contributed by atoms with E-state index in [1.807, 2.05) is 30.3 Å². The molecule has 1 aliphatic rings. The second kappa shape index (κ2) is 8.14. The molecule has 138 valence electrons. The first kappa shape index (κ1) is 18.1. The summed E-state index contributed by atoms with van der Waals surface area (Å²) in [6, 6.07) is 9.62. The highest BCUT2D eigenvalue weighted by Gasteiger charge is 2.39. The van der Waals surface area contributed by atoms with Gasteiger partial charge < -0.3 is 19.7 Å². The van der Waals surface area contributed by atoms with Crippen LogP contribution in [0.4, 0.5) is 5.69 Å². The Bertz CT molecular complexity index is 723. The largest absolute Gasteiger partial charge is 0.491 e. The number of likely N-dealkylation sites (tertiary alicyclic amines) is 1. The van der Waals surface area contributed by atoms with Crippen LogP contribution in [-0.2, 0) is 4.74 Å². The smallest absolute Gasteiger partial charge is 0.291 e. The number of methoxy groups -OCH3 is 1. The molecule has 0 radical (unpaired) electrons. The van der Waals surface area contributed by atoms with E-state index in [4.69, 9.17) is 9.47 Å². The van der Waals surface area contributed by atoms with Crippen LogP contribution in [0.1, 0.15) is 23.5 Å². The molecule has 1 atom stereocenters. The minimum Gasteiger partial charge on any atom is -0.491 e. The Labute approximate surface area is 153 Å². The molecule has 0 aliphatic carbocycles. The standard InChI is InChI=1S/C19H24N4O3/c1-20-15-11-21-17(22-12-15)18(24)23-10-6-9-19(13-23,25-2)14-26-16-7-4-3-5-8-16/h3-5,7-8,11-12,20H,6,9-10,13-14H2,1-2H3/t19-/m1/s1. The van der Waals surface area contributed by atoms with E-state index < -0.39 is 5.60 Å². The molecule has 0 unspecified atom stereocenters. The van der Waals surface area contributed by atoms with Crippen molar-refractivity contribution in [1.82, 2.24) is 14.9 Å². The number of hydrogen-bond acceptors (Lipinski definition) is 6. The molecule has 0 spiro atoms. The van der Waals surface area contributed by atoms with Gasteiger partial charge >= 0.3 is 0 Å². The Kier molecular flexibility index (Phi) is 5.68. The fourth-order valence-corrected chi connectivity index (χ4v) is 3.06. The third kappa shape index (κ3) is 4.11. The van der Waals surface area contributed by atoms with Gasteiger partial charge in [-0.3, -0.25) is 4.79 Å². The number of nitrogens with one attached hydrogen (secondary N) is 1. The number of aromatic nitrogens is 2. The number of amides is 1. The number of anilines is 1. The van der Waals surface area contributed by atoms with E-state index in [1.54, 1.807) is 31.5 Å². The van der Waals surface area contributed by atoms with E-state index in [0.29, 0.717) is 19.7 Å². The fraction of sp³-hybridized carbons (Fsp3) is 0.421. The Morgan fingerprint density at radius 1 is 1.27 bits per heavy atom. The monoisotopic (exact) mass is 356 g/mol. The third-order valence-electron chi connectivity index (χ3n) is 4.64. The van der Waals surface area contributed by atoms with E-state index >= 15 is 0 Å². The van der Waals surface area contributed by atoms with Gasteiger partial charge in [-0.05, 0) is 25.0 Å². The summed E-state index contributed by atoms with van der Waals surface area (Å²) in [4.78, 5) is 22.8. The maximum Gasteiger partial charge on any atom is 0.291 e. The van der Waals surface area contributed by atoms with Gasteiger partial charge in [0.1, 0.15) is 18.0 Å². The van der Waals surface area contributed by atoms with Crippen LogP contribution < -0.4 is 10.1 Å². The van der Waals surface area contributed by atoms with Gasteiger partial charge in [0.05, 0.1) is 24.6 Å². The molecule has 0 saturated carbocycles. The van der Waals surface area contributed by atoms with Crippen LogP contribution in [-0.4, -0.2) is 60.2 Å². The molecule has 2 heterocycles. The molecule has 2 aromatic rings. The zero-order valence-corrected chi connectivity index (χ0v) is 15.1. The quantitative estimate of drug-likeness (QED) is 0.855. The number of hydrogen-bond donors (Lipinski definition) is 1. The van der Waals surface area contributed by atoms with Crippen LogP contribution in [0.2, 0.25) is 0 Å². The molecule has 0 bridgehead atoms. The number of para-hydroxylation sites is 1. The number of piperidine rings is 1. The van der Waals surface area contributed by atoms with E-state index in [-0.39, 0.29) is 11.7 Å². The van der Waals surface area contributed by atoms with Crippen molar-refractivity contribution in [2.75, 3.05) is 39.2 Å². The van der Waals surface area contributed by atoms with Gasteiger partial charge in [-0.25, -0.2) is 9.97 Å². The zero-order valence-electron chi connectivity index (χ0n) is 15.1. The van der Waals surface area contributed by atoms with Crippen molar-refractivity contribution < 1.29 is 14.3 Å². The Morgan fingerprint density at radius 3 is 2.65 bits per heavy atom. The van der Waals surface area contributed by atoms with Gasteiger partial charge in [0.15, 0.2) is 0 Å². The molecular formula is C19H24N4O3. The maximum absolute atomic E-state index is 12.8. The van der Waals surface area contributed by atoms with Crippen molar-refractivity contribution in [2.45, 2.75) is 18.4 Å². The van der Waals surface area contributed by atoms with Crippen molar-refractivity contribution in [2.24, 2.45) is 0 Å². The Morgan fingerprint density at radius 2 is 2.00 bits per heavy atom. The van der Waals surface area contributed by atoms with Crippen molar-refractivity contribution in [3.05, 3.63) is 48.5 Å². The minimum atomic E-state index is -0.533. The number of carbonyl (C=O) groups is 1. The average Bonchev–Trinajstić information content (AvgIpc) is 2.73. The minimum absolute atomic E-state index is 0.187. The molecule has 1 amide bonds. The van der Waals surface area contributed by atoms with E-state index in [9.17, 15) is 4.79 Å². The lowest BCUT2D eigenvalue weighted by Gasteiger charge is -2.41. The van der Waals surface area contributed by atoms with Crippen LogP contribution in [0.3, 0.4) is 0 Å². The lowest BCUT2D eigenvalue weighted by molar-refractivity contribution is -0.0826. The molecule has 7 heteroatoms. The highest BCUT2D eigenvalue weighted by Crippen LogP contribution is 2.27. The lowest BCUT2D eigenvalue weighted by Crippen LogP contribution is -2.54. The summed E-state index contributed by atoms with van der Waals surface area (Å²) < 4.78 is 11.7. The summed E-state index contributed by atoms with van der Waals surface area (Å²) in [5.74, 6) is 0.798. The SMILES string of the molecule is CNc1cnc(C(=O)N2CCC[C@@](COc3ccccc3)(OC)C2)nc1. The predicted octanol–water partition coefficient (Wildman–Crippen LogP) is 2.22. The number of carbonyl (C=O) groups excluding carboxylic acids is 1. The predicted molar refractivity (Wildman–Crippen MR) is 98.4 cm³/mol. The van der Waals surface area contributed by atoms with Crippen molar-refractivity contribution in [3.8, 4) is 5.75 Å². The first-order valence-electron chi connectivity index (χ1n) is 8.68. The second-order valence-electron chi connectivity index (χ2n) is 6.36. The first-order chi connectivity index (χ1) is 12.7. The normalized spacial score (nSPS) is 19.8. The van der Waals surface area contributed by atoms with Gasteiger partial charge in [-0.1, -0.05) is 18.2 Å². The lowest BCUT2D eigenvalue weighted by atomic mass is 9.93. The molecule has 1 aliphatic heterocycles. The summed E-state index contributed by atoms with van der Waals surface area (Å²) >= 11 is 0. The van der Waals surface area contributed by atoms with E-state index in [0.717, 1.165) is 24.3 Å². The molecule has 3 rings (SSSR count). The molecule has 1 saturated heterocycles. The van der Waals surface area contributed by atoms with Crippen molar-refractivity contribution >= 4 is 11.6 Å². The summed E-state index contributed by atoms with van der Waals surface area (Å²) in [7, 11) is 3.45. The van der Waals surface area contributed by atoms with Gasteiger partial charge in [-0.2, -0.15) is 0 Å². The van der Waals surface area contributed by atoms with Gasteiger partial charge in [0.2, 0.25) is 5.82 Å². The summed E-state index contributed by atoms with van der Waals surface area (Å²) in [6.07, 6.45) is 4.88. The van der Waals surface area contributed by atoms with Crippen LogP contribution in [0, 0.1) is 0 Å². The zero-order chi connectivity index (χ0) is 18.4. The Hall–Kier alpha value is -2.67. The molecule has 1 aromatic carbocycles. The van der Waals surface area contributed by atoms with Crippen LogP contribution >= 0.6 is 0 Å².